The van der Waals surface area contributed by atoms with Gasteiger partial charge in [0, 0.05) is 46.8 Å². The number of amides is 4. The lowest BCUT2D eigenvalue weighted by Crippen LogP contribution is -2.55. The number of hydrogen-bond donors (Lipinski definition) is 3. The highest BCUT2D eigenvalue weighted by atomic mass is 16.7. The van der Waals surface area contributed by atoms with Crippen LogP contribution < -0.4 is 16.4 Å². The van der Waals surface area contributed by atoms with Crippen LogP contribution >= 0.6 is 0 Å². The SMILES string of the molecule is CC.CC(=O)[C@@H](NC(=O)C(C(C)C)N(C)CCN)C(C)C.CCC(C)[C@H](C)[C@@H](CC(=O)N1CCC[C@H]1[C@H](OC)[C@@H](C)C(=O)N[C@@H](Cc1ccccc1)C(=O)N1CCCCO1)OC. The fourth-order valence-electron chi connectivity index (χ4n) is 8.43. The summed E-state index contributed by atoms with van der Waals surface area (Å²) in [5, 5.41) is 7.26. The number of benzene rings is 1. The van der Waals surface area contributed by atoms with Crippen molar-refractivity contribution >= 4 is 29.4 Å². The first kappa shape index (κ1) is 56.6. The van der Waals surface area contributed by atoms with E-state index in [4.69, 9.17) is 20.0 Å². The molecule has 2 aliphatic rings. The number of Topliss-reactive ketones (excluding diaryl/α,β-unsaturated/α-hetero) is 1. The minimum Gasteiger partial charge on any atom is -0.381 e. The number of nitrogens with one attached hydrogen (secondary N) is 2. The molecule has 2 aliphatic heterocycles. The quantitative estimate of drug-likeness (QED) is 0.132. The van der Waals surface area contributed by atoms with E-state index in [1.807, 2.05) is 95.6 Å². The van der Waals surface area contributed by atoms with Crippen LogP contribution in [-0.2, 0) is 44.7 Å². The zero-order valence-corrected chi connectivity index (χ0v) is 40.9. The molecule has 3 rings (SSSR count). The van der Waals surface area contributed by atoms with Gasteiger partial charge in [0.15, 0.2) is 5.78 Å². The van der Waals surface area contributed by atoms with Crippen LogP contribution in [0.1, 0.15) is 120 Å². The van der Waals surface area contributed by atoms with Crippen LogP contribution in [-0.4, -0.2) is 135 Å². The Hall–Kier alpha value is -3.43. The predicted octanol–water partition coefficient (Wildman–Crippen LogP) is 5.65. The van der Waals surface area contributed by atoms with Gasteiger partial charge in [-0.3, -0.25) is 33.7 Å². The van der Waals surface area contributed by atoms with Crippen molar-refractivity contribution in [3.05, 3.63) is 35.9 Å². The van der Waals surface area contributed by atoms with Gasteiger partial charge in [-0.05, 0) is 68.9 Å². The van der Waals surface area contributed by atoms with E-state index in [-0.39, 0.29) is 65.4 Å². The van der Waals surface area contributed by atoms with Crippen molar-refractivity contribution in [1.82, 2.24) is 25.5 Å². The van der Waals surface area contributed by atoms with E-state index in [0.717, 1.165) is 37.7 Å². The summed E-state index contributed by atoms with van der Waals surface area (Å²) >= 11 is 0. The second-order valence-electron chi connectivity index (χ2n) is 17.5. The maximum Gasteiger partial charge on any atom is 0.269 e. The molecule has 0 aromatic heterocycles. The fraction of sp³-hybridized carbons (Fsp3) is 0.771. The van der Waals surface area contributed by atoms with Gasteiger partial charge in [-0.1, -0.05) is 106 Å². The molecule has 1 aromatic rings. The van der Waals surface area contributed by atoms with Crippen molar-refractivity contribution in [2.75, 3.05) is 54.1 Å². The van der Waals surface area contributed by atoms with Gasteiger partial charge in [-0.25, -0.2) is 5.06 Å². The number of hydroxylamine groups is 2. The normalized spacial score (nSPS) is 19.2. The summed E-state index contributed by atoms with van der Waals surface area (Å²) in [4.78, 5) is 74.0. The number of likely N-dealkylation sites (N-methyl/N-ethyl adjacent to an activating group) is 1. The molecule has 9 atom stereocenters. The van der Waals surface area contributed by atoms with E-state index in [1.165, 1.54) is 12.0 Å². The van der Waals surface area contributed by atoms with Crippen molar-refractivity contribution in [2.45, 2.75) is 157 Å². The minimum atomic E-state index is -0.770. The number of carbonyl (C=O) groups is 5. The molecule has 4 amide bonds. The Morgan fingerprint density at radius 3 is 2.03 bits per heavy atom. The van der Waals surface area contributed by atoms with Crippen LogP contribution in [0.5, 0.6) is 0 Å². The van der Waals surface area contributed by atoms with Crippen LogP contribution in [0, 0.1) is 29.6 Å². The number of nitrogens with zero attached hydrogens (tertiary/aromatic N) is 3. The molecule has 4 N–H and O–H groups in total. The zero-order chi connectivity index (χ0) is 47.1. The molecule has 14 heteroatoms. The predicted molar refractivity (Wildman–Crippen MR) is 247 cm³/mol. The maximum atomic E-state index is 13.7. The Balaban J connectivity index is 0.000000770. The Labute approximate surface area is 375 Å². The van der Waals surface area contributed by atoms with Crippen LogP contribution in [0.3, 0.4) is 0 Å². The van der Waals surface area contributed by atoms with Gasteiger partial charge in [-0.15, -0.1) is 0 Å². The van der Waals surface area contributed by atoms with Gasteiger partial charge in [0.2, 0.25) is 17.7 Å². The molecule has 2 heterocycles. The summed E-state index contributed by atoms with van der Waals surface area (Å²) in [5.41, 5.74) is 6.49. The second-order valence-corrected chi connectivity index (χ2v) is 17.5. The minimum absolute atomic E-state index is 0.00710. The summed E-state index contributed by atoms with van der Waals surface area (Å²) in [7, 11) is 5.15. The van der Waals surface area contributed by atoms with Crippen LogP contribution in [0.2, 0.25) is 0 Å². The average molecular weight is 875 g/mol. The number of ketones is 1. The Morgan fingerprint density at radius 2 is 1.53 bits per heavy atom. The molecule has 14 nitrogen and oxygen atoms in total. The lowest BCUT2D eigenvalue weighted by Gasteiger charge is -2.36. The lowest BCUT2D eigenvalue weighted by atomic mass is 9.87. The van der Waals surface area contributed by atoms with Gasteiger partial charge in [0.25, 0.3) is 5.91 Å². The number of nitrogens with two attached hydrogens (primary N) is 1. The Morgan fingerprint density at radius 1 is 0.887 bits per heavy atom. The number of hydrogen-bond acceptors (Lipinski definition) is 10. The highest BCUT2D eigenvalue weighted by molar-refractivity contribution is 5.90. The van der Waals surface area contributed by atoms with E-state index in [1.54, 1.807) is 14.2 Å². The smallest absolute Gasteiger partial charge is 0.269 e. The zero-order valence-electron chi connectivity index (χ0n) is 40.9. The van der Waals surface area contributed by atoms with Crippen molar-refractivity contribution in [2.24, 2.45) is 35.3 Å². The number of carbonyl (C=O) groups excluding carboxylic acids is 5. The Bertz CT molecular complexity index is 1460. The van der Waals surface area contributed by atoms with E-state index in [0.29, 0.717) is 51.5 Å². The van der Waals surface area contributed by atoms with Gasteiger partial charge in [0.1, 0.15) is 6.04 Å². The molecule has 0 aliphatic carbocycles. The van der Waals surface area contributed by atoms with Gasteiger partial charge in [0.05, 0.1) is 49.3 Å². The highest BCUT2D eigenvalue weighted by Crippen LogP contribution is 2.30. The van der Waals surface area contributed by atoms with Crippen LogP contribution in [0.25, 0.3) is 0 Å². The molecule has 2 fully saturated rings. The van der Waals surface area contributed by atoms with Crippen molar-refractivity contribution in [3.8, 4) is 0 Å². The summed E-state index contributed by atoms with van der Waals surface area (Å²) < 4.78 is 11.7. The largest absolute Gasteiger partial charge is 0.381 e. The molecule has 356 valence electrons. The molecular weight excluding hydrogens is 789 g/mol. The maximum absolute atomic E-state index is 13.7. The van der Waals surface area contributed by atoms with Crippen molar-refractivity contribution < 1.29 is 38.3 Å². The summed E-state index contributed by atoms with van der Waals surface area (Å²) in [6.07, 6.45) is 4.40. The number of ether oxygens (including phenoxy) is 2. The average Bonchev–Trinajstić information content (AvgIpc) is 3.75. The first-order valence-corrected chi connectivity index (χ1v) is 23.3. The molecular formula is C48H86N6O8. The molecule has 1 aromatic carbocycles. The number of rotatable bonds is 22. The fourth-order valence-corrected chi connectivity index (χ4v) is 8.43. The third-order valence-corrected chi connectivity index (χ3v) is 12.4. The van der Waals surface area contributed by atoms with Gasteiger partial charge >= 0.3 is 0 Å². The Kier molecular flexibility index (Phi) is 27.2. The van der Waals surface area contributed by atoms with Gasteiger partial charge in [-0.2, -0.15) is 0 Å². The van der Waals surface area contributed by atoms with E-state index < -0.39 is 24.1 Å². The first-order valence-electron chi connectivity index (χ1n) is 23.3. The molecule has 0 saturated carbocycles. The van der Waals surface area contributed by atoms with Gasteiger partial charge < -0.3 is 30.7 Å². The van der Waals surface area contributed by atoms with Crippen LogP contribution in [0.15, 0.2) is 30.3 Å². The van der Waals surface area contributed by atoms with E-state index >= 15 is 0 Å². The third-order valence-electron chi connectivity index (χ3n) is 12.4. The summed E-state index contributed by atoms with van der Waals surface area (Å²) in [6, 6.07) is 7.99. The van der Waals surface area contributed by atoms with E-state index in [9.17, 15) is 24.0 Å². The molecule has 62 heavy (non-hydrogen) atoms. The highest BCUT2D eigenvalue weighted by Gasteiger charge is 2.42. The summed E-state index contributed by atoms with van der Waals surface area (Å²) in [5.74, 6) is -0.227. The number of methoxy groups -OCH3 is 2. The standard InChI is InChI=1S/C32H51N3O6.C14H29N3O2.C2H6/c1-7-22(2)23(3)28(39-5)21-29(36)34-17-13-16-27(34)30(40-6)24(4)31(37)33-26(20-25-14-9-8-10-15-25)32(38)35-18-11-12-19-41-35;1-9(2)12(11(5)18)16-14(19)13(10(3)4)17(6)8-7-15;1-2/h8-10,14-15,22-24,26-28,30H,7,11-13,16-21H2,1-6H3,(H,33,37);9-10,12-13H,7-8,15H2,1-6H3,(H,16,19);1-2H3/t22?,23-,24+,26-,27-,28+,30+;12-,13?;/m00./s1. The third kappa shape index (κ3) is 17.6. The molecule has 0 spiro atoms. The topological polar surface area (TPSA) is 173 Å². The van der Waals surface area contributed by atoms with Crippen molar-refractivity contribution in [3.63, 3.8) is 0 Å². The molecule has 2 unspecified atom stereocenters. The number of likely N-dealkylation sites (tertiary alicyclic amines) is 1. The first-order chi connectivity index (χ1) is 29.4. The molecule has 0 radical (unpaired) electrons. The molecule has 0 bridgehead atoms. The monoisotopic (exact) mass is 875 g/mol. The second kappa shape index (κ2) is 29.8. The summed E-state index contributed by atoms with van der Waals surface area (Å²) in [6.45, 7) is 24.5. The van der Waals surface area contributed by atoms with Crippen LogP contribution in [0.4, 0.5) is 0 Å². The lowest BCUT2D eigenvalue weighted by molar-refractivity contribution is -0.199. The van der Waals surface area contributed by atoms with Crippen molar-refractivity contribution in [1.29, 1.82) is 0 Å². The molecule has 2 saturated heterocycles. The van der Waals surface area contributed by atoms with E-state index in [2.05, 4.69) is 31.4 Å².